The molecule has 4 nitrogen and oxygen atoms in total. The Balaban J connectivity index is 2.28. The fraction of sp³-hybridized carbons (Fsp3) is 0.188. The molecule has 0 heterocycles. The Labute approximate surface area is 118 Å². The molecule has 0 bridgehead atoms. The van der Waals surface area contributed by atoms with E-state index in [1.807, 2.05) is 56.3 Å². The molecule has 0 saturated heterocycles. The van der Waals surface area contributed by atoms with Crippen LogP contribution in [0.4, 0.5) is 17.1 Å². The van der Waals surface area contributed by atoms with Crippen molar-refractivity contribution in [3.8, 4) is 0 Å². The van der Waals surface area contributed by atoms with Gasteiger partial charge in [0.2, 0.25) is 5.91 Å². The van der Waals surface area contributed by atoms with Crippen LogP contribution in [0, 0.1) is 13.8 Å². The number of carbonyl (C=O) groups excluding carboxylic acids is 1. The summed E-state index contributed by atoms with van der Waals surface area (Å²) in [5.41, 5.74) is 4.45. The van der Waals surface area contributed by atoms with Gasteiger partial charge in [0.15, 0.2) is 0 Å². The Kier molecular flexibility index (Phi) is 4.25. The maximum absolute atomic E-state index is 11.1. The molecule has 0 unspecified atom stereocenters. The van der Waals surface area contributed by atoms with Crippen LogP contribution >= 0.6 is 0 Å². The van der Waals surface area contributed by atoms with Crippen LogP contribution in [0.2, 0.25) is 0 Å². The quantitative estimate of drug-likeness (QED) is 0.807. The van der Waals surface area contributed by atoms with Crippen molar-refractivity contribution in [1.29, 1.82) is 0 Å². The monoisotopic (exact) mass is 267 g/mol. The van der Waals surface area contributed by atoms with Crippen molar-refractivity contribution < 1.29 is 4.79 Å². The van der Waals surface area contributed by atoms with Gasteiger partial charge in [-0.1, -0.05) is 18.2 Å². The second-order valence-electron chi connectivity index (χ2n) is 4.60. The van der Waals surface area contributed by atoms with Crippen LogP contribution in [0.25, 0.3) is 0 Å². The topological polar surface area (TPSA) is 53.8 Å². The van der Waals surface area contributed by atoms with E-state index in [4.69, 9.17) is 0 Å². The first kappa shape index (κ1) is 13.9. The average molecular weight is 267 g/mol. The molecule has 1 amide bonds. The van der Waals surface area contributed by atoms with Gasteiger partial charge in [0, 0.05) is 12.6 Å². The highest BCUT2D eigenvalue weighted by molar-refractivity contribution is 5.90. The van der Waals surface area contributed by atoms with Crippen molar-refractivity contribution in [3.05, 3.63) is 53.6 Å². The predicted octanol–water partition coefficient (Wildman–Crippen LogP) is 4.68. The predicted molar refractivity (Wildman–Crippen MR) is 80.8 cm³/mol. The number of azo groups is 1. The molecule has 2 aromatic rings. The molecule has 20 heavy (non-hydrogen) atoms. The Morgan fingerprint density at radius 2 is 1.65 bits per heavy atom. The van der Waals surface area contributed by atoms with Crippen LogP contribution in [0.3, 0.4) is 0 Å². The largest absolute Gasteiger partial charge is 0.326 e. The molecule has 0 aliphatic rings. The van der Waals surface area contributed by atoms with Gasteiger partial charge < -0.3 is 5.32 Å². The van der Waals surface area contributed by atoms with E-state index in [0.717, 1.165) is 28.2 Å². The number of anilines is 1. The smallest absolute Gasteiger partial charge is 0.221 e. The fourth-order valence-electron chi connectivity index (χ4n) is 1.85. The maximum Gasteiger partial charge on any atom is 0.221 e. The van der Waals surface area contributed by atoms with Crippen molar-refractivity contribution in [1.82, 2.24) is 0 Å². The van der Waals surface area contributed by atoms with Crippen molar-refractivity contribution in [2.75, 3.05) is 5.32 Å². The minimum Gasteiger partial charge on any atom is -0.326 e. The van der Waals surface area contributed by atoms with Crippen LogP contribution in [-0.2, 0) is 4.79 Å². The van der Waals surface area contributed by atoms with E-state index < -0.39 is 0 Å². The minimum atomic E-state index is -0.0776. The molecule has 2 aromatic carbocycles. The summed E-state index contributed by atoms with van der Waals surface area (Å²) in [6, 6.07) is 13.3. The summed E-state index contributed by atoms with van der Waals surface area (Å²) < 4.78 is 0. The van der Waals surface area contributed by atoms with Crippen LogP contribution in [0.15, 0.2) is 52.7 Å². The van der Waals surface area contributed by atoms with Gasteiger partial charge >= 0.3 is 0 Å². The molecule has 0 radical (unpaired) electrons. The highest BCUT2D eigenvalue weighted by atomic mass is 16.1. The summed E-state index contributed by atoms with van der Waals surface area (Å²) in [6.07, 6.45) is 0. The zero-order chi connectivity index (χ0) is 14.5. The minimum absolute atomic E-state index is 0.0776. The van der Waals surface area contributed by atoms with Crippen molar-refractivity contribution >= 4 is 23.0 Å². The lowest BCUT2D eigenvalue weighted by atomic mass is 10.1. The zero-order valence-electron chi connectivity index (χ0n) is 11.8. The first-order chi connectivity index (χ1) is 9.58. The first-order valence-corrected chi connectivity index (χ1v) is 6.42. The Morgan fingerprint density at radius 1 is 0.950 bits per heavy atom. The van der Waals surface area contributed by atoms with Crippen LogP contribution < -0.4 is 5.32 Å². The normalized spacial score (nSPS) is 10.8. The molecule has 0 spiro atoms. The summed E-state index contributed by atoms with van der Waals surface area (Å²) in [7, 11) is 0. The van der Waals surface area contributed by atoms with E-state index in [1.165, 1.54) is 6.92 Å². The summed E-state index contributed by atoms with van der Waals surface area (Å²) in [6.45, 7) is 5.43. The van der Waals surface area contributed by atoms with Gasteiger partial charge in [0.1, 0.15) is 0 Å². The van der Waals surface area contributed by atoms with E-state index in [0.29, 0.717) is 0 Å². The number of nitrogens with one attached hydrogen (secondary N) is 1. The molecule has 0 aliphatic carbocycles. The molecule has 102 valence electrons. The van der Waals surface area contributed by atoms with Crippen molar-refractivity contribution in [3.63, 3.8) is 0 Å². The third kappa shape index (κ3) is 3.29. The molecular weight excluding hydrogens is 250 g/mol. The molecule has 2 rings (SSSR count). The fourth-order valence-corrected chi connectivity index (χ4v) is 1.85. The Bertz CT molecular complexity index is 648. The van der Waals surface area contributed by atoms with Crippen LogP contribution in [0.5, 0.6) is 0 Å². The number of amides is 1. The van der Waals surface area contributed by atoms with Crippen LogP contribution in [0.1, 0.15) is 18.1 Å². The van der Waals surface area contributed by atoms with Gasteiger partial charge in [-0.3, -0.25) is 4.79 Å². The van der Waals surface area contributed by atoms with Gasteiger partial charge in [-0.25, -0.2) is 0 Å². The molecule has 0 atom stereocenters. The number of rotatable bonds is 3. The summed E-state index contributed by atoms with van der Waals surface area (Å²) in [4.78, 5) is 11.1. The SMILES string of the molecule is CC(=O)Nc1ccc(N=Nc2ccccc2)c(C)c1C. The molecule has 0 aliphatic heterocycles. The lowest BCUT2D eigenvalue weighted by Crippen LogP contribution is -2.07. The highest BCUT2D eigenvalue weighted by Gasteiger charge is 2.06. The molecule has 1 N–H and O–H groups in total. The molecule has 4 heteroatoms. The van der Waals surface area contributed by atoms with Gasteiger partial charge in [0.05, 0.1) is 11.4 Å². The van der Waals surface area contributed by atoms with E-state index in [2.05, 4.69) is 15.5 Å². The third-order valence-electron chi connectivity index (χ3n) is 3.10. The standard InChI is InChI=1S/C16H17N3O/c1-11-12(2)16(10-9-15(11)17-13(3)20)19-18-14-7-5-4-6-8-14/h4-10H,1-3H3,(H,17,20). The maximum atomic E-state index is 11.1. The Hall–Kier alpha value is -2.49. The number of hydrogen-bond donors (Lipinski definition) is 1. The lowest BCUT2D eigenvalue weighted by molar-refractivity contribution is -0.114. The van der Waals surface area contributed by atoms with E-state index in [9.17, 15) is 4.79 Å². The first-order valence-electron chi connectivity index (χ1n) is 6.42. The molecule has 0 saturated carbocycles. The van der Waals surface area contributed by atoms with Gasteiger partial charge in [-0.2, -0.15) is 10.2 Å². The van der Waals surface area contributed by atoms with E-state index in [1.54, 1.807) is 0 Å². The number of benzene rings is 2. The number of hydrogen-bond acceptors (Lipinski definition) is 3. The molecule has 0 aromatic heterocycles. The summed E-state index contributed by atoms with van der Waals surface area (Å²) >= 11 is 0. The third-order valence-corrected chi connectivity index (χ3v) is 3.10. The van der Waals surface area contributed by atoms with Gasteiger partial charge in [-0.05, 0) is 49.2 Å². The lowest BCUT2D eigenvalue weighted by Gasteiger charge is -2.10. The second kappa shape index (κ2) is 6.10. The summed E-state index contributed by atoms with van der Waals surface area (Å²) in [5.74, 6) is -0.0776. The van der Waals surface area contributed by atoms with Gasteiger partial charge in [-0.15, -0.1) is 0 Å². The average Bonchev–Trinajstić information content (AvgIpc) is 2.44. The second-order valence-corrected chi connectivity index (χ2v) is 4.60. The molecule has 0 fully saturated rings. The van der Waals surface area contributed by atoms with Gasteiger partial charge in [0.25, 0.3) is 0 Å². The van der Waals surface area contributed by atoms with Crippen molar-refractivity contribution in [2.45, 2.75) is 20.8 Å². The highest BCUT2D eigenvalue weighted by Crippen LogP contribution is 2.29. The van der Waals surface area contributed by atoms with Crippen LogP contribution in [-0.4, -0.2) is 5.91 Å². The zero-order valence-corrected chi connectivity index (χ0v) is 11.8. The van der Waals surface area contributed by atoms with Crippen molar-refractivity contribution in [2.24, 2.45) is 10.2 Å². The number of carbonyl (C=O) groups is 1. The molecular formula is C16H17N3O. The summed E-state index contributed by atoms with van der Waals surface area (Å²) in [5, 5.41) is 11.3. The van der Waals surface area contributed by atoms with E-state index >= 15 is 0 Å². The van der Waals surface area contributed by atoms with E-state index in [-0.39, 0.29) is 5.91 Å². The number of nitrogens with zero attached hydrogens (tertiary/aromatic N) is 2. The Morgan fingerprint density at radius 3 is 2.30 bits per heavy atom.